The van der Waals surface area contributed by atoms with E-state index in [9.17, 15) is 4.79 Å². The number of hydrogen-bond donors (Lipinski definition) is 1. The molecule has 0 saturated heterocycles. The third-order valence-electron chi connectivity index (χ3n) is 3.46. The molecular formula is C18H21Cl2N3O3. The first-order valence-corrected chi connectivity index (χ1v) is 8.77. The number of ether oxygens (including phenoxy) is 2. The molecule has 140 valence electrons. The number of carbonyl (C=O) groups excluding carboxylic acids is 1. The Hall–Kier alpha value is -2.02. The van der Waals surface area contributed by atoms with E-state index in [1.54, 1.807) is 7.11 Å². The van der Waals surface area contributed by atoms with E-state index in [-0.39, 0.29) is 18.3 Å². The highest BCUT2D eigenvalue weighted by Gasteiger charge is 2.12. The highest BCUT2D eigenvalue weighted by Crippen LogP contribution is 2.28. The molecular weight excluding hydrogens is 377 g/mol. The molecule has 0 aliphatic carbocycles. The van der Waals surface area contributed by atoms with Gasteiger partial charge < -0.3 is 14.8 Å². The van der Waals surface area contributed by atoms with E-state index in [2.05, 4.69) is 10.3 Å². The van der Waals surface area contributed by atoms with Crippen LogP contribution in [0.5, 0.6) is 11.5 Å². The minimum atomic E-state index is -0.220. The number of aromatic nitrogens is 1. The lowest BCUT2D eigenvalue weighted by Crippen LogP contribution is -2.30. The number of nitrogens with one attached hydrogen (secondary N) is 1. The third kappa shape index (κ3) is 5.76. The van der Waals surface area contributed by atoms with E-state index in [1.807, 2.05) is 37.1 Å². The molecule has 0 aliphatic rings. The summed E-state index contributed by atoms with van der Waals surface area (Å²) >= 11 is 11.8. The van der Waals surface area contributed by atoms with Crippen LogP contribution in [0.15, 0.2) is 30.5 Å². The van der Waals surface area contributed by atoms with Crippen LogP contribution in [0.2, 0.25) is 10.0 Å². The zero-order valence-corrected chi connectivity index (χ0v) is 16.4. The van der Waals surface area contributed by atoms with E-state index in [0.717, 1.165) is 5.56 Å². The Kier molecular flexibility index (Phi) is 7.50. The van der Waals surface area contributed by atoms with Gasteiger partial charge in [-0.25, -0.2) is 4.98 Å². The number of nitrogens with zero attached hydrogens (tertiary/aromatic N) is 2. The van der Waals surface area contributed by atoms with Crippen molar-refractivity contribution in [1.29, 1.82) is 0 Å². The van der Waals surface area contributed by atoms with Crippen LogP contribution in [0.3, 0.4) is 0 Å². The van der Waals surface area contributed by atoms with Crippen molar-refractivity contribution in [2.75, 3.05) is 32.6 Å². The van der Waals surface area contributed by atoms with Gasteiger partial charge in [0, 0.05) is 12.7 Å². The predicted molar refractivity (Wildman–Crippen MR) is 103 cm³/mol. The molecule has 6 nitrogen and oxygen atoms in total. The van der Waals surface area contributed by atoms with E-state index in [4.69, 9.17) is 32.7 Å². The van der Waals surface area contributed by atoms with Crippen molar-refractivity contribution in [3.05, 3.63) is 46.1 Å². The number of likely N-dealkylation sites (N-methyl/N-ethyl adjacent to an activating group) is 1. The fourth-order valence-electron chi connectivity index (χ4n) is 2.38. The Morgan fingerprint density at radius 3 is 2.69 bits per heavy atom. The summed E-state index contributed by atoms with van der Waals surface area (Å²) in [5.41, 5.74) is 1.00. The lowest BCUT2D eigenvalue weighted by Gasteiger charge is -2.18. The van der Waals surface area contributed by atoms with Crippen LogP contribution in [-0.4, -0.2) is 43.1 Å². The van der Waals surface area contributed by atoms with Crippen molar-refractivity contribution in [3.63, 3.8) is 0 Å². The molecule has 0 aliphatic heterocycles. The van der Waals surface area contributed by atoms with Gasteiger partial charge in [0.25, 0.3) is 0 Å². The maximum Gasteiger partial charge on any atom is 0.239 e. The first kappa shape index (κ1) is 20.3. The summed E-state index contributed by atoms with van der Waals surface area (Å²) in [6.45, 7) is 3.23. The minimum absolute atomic E-state index is 0.177. The van der Waals surface area contributed by atoms with E-state index < -0.39 is 0 Å². The second-order valence-electron chi connectivity index (χ2n) is 5.62. The lowest BCUT2D eigenvalue weighted by molar-refractivity contribution is -0.117. The predicted octanol–water partition coefficient (Wildman–Crippen LogP) is 3.87. The molecule has 0 unspecified atom stereocenters. The first-order valence-electron chi connectivity index (χ1n) is 8.02. The van der Waals surface area contributed by atoms with Crippen molar-refractivity contribution in [2.45, 2.75) is 13.5 Å². The summed E-state index contributed by atoms with van der Waals surface area (Å²) in [5, 5.41) is 3.38. The lowest BCUT2D eigenvalue weighted by atomic mass is 10.2. The van der Waals surface area contributed by atoms with E-state index in [1.165, 1.54) is 12.3 Å². The topological polar surface area (TPSA) is 63.7 Å². The molecule has 1 amide bonds. The quantitative estimate of drug-likeness (QED) is 0.732. The molecule has 0 spiro atoms. The fourth-order valence-corrected chi connectivity index (χ4v) is 2.80. The number of pyridine rings is 1. The fraction of sp³-hybridized carbons (Fsp3) is 0.333. The smallest absolute Gasteiger partial charge is 0.239 e. The summed E-state index contributed by atoms with van der Waals surface area (Å²) in [4.78, 5) is 18.1. The third-order valence-corrected chi connectivity index (χ3v) is 3.95. The maximum atomic E-state index is 12.2. The van der Waals surface area contributed by atoms with Gasteiger partial charge in [-0.3, -0.25) is 9.69 Å². The number of anilines is 1. The number of methoxy groups -OCH3 is 1. The standard InChI is InChI=1S/C18H21Cl2N3O3/c1-4-26-15-6-5-12(7-16(15)25-3)10-23(2)11-17(24)22-18-14(20)8-13(19)9-21-18/h5-9H,4,10-11H2,1-3H3,(H,21,22,24). The average Bonchev–Trinajstić information content (AvgIpc) is 2.58. The SMILES string of the molecule is CCOc1ccc(CN(C)CC(=O)Nc2ncc(Cl)cc2Cl)cc1OC. The summed E-state index contributed by atoms with van der Waals surface area (Å²) in [5.74, 6) is 1.43. The number of carbonyl (C=O) groups is 1. The zero-order chi connectivity index (χ0) is 19.1. The number of benzene rings is 1. The molecule has 1 heterocycles. The van der Waals surface area contributed by atoms with Gasteiger partial charge in [-0.2, -0.15) is 0 Å². The molecule has 0 radical (unpaired) electrons. The van der Waals surface area contributed by atoms with Gasteiger partial charge in [-0.15, -0.1) is 0 Å². The molecule has 26 heavy (non-hydrogen) atoms. The molecule has 1 N–H and O–H groups in total. The molecule has 2 rings (SSSR count). The Morgan fingerprint density at radius 2 is 2.04 bits per heavy atom. The molecule has 0 atom stereocenters. The Balaban J connectivity index is 1.95. The van der Waals surface area contributed by atoms with Gasteiger partial charge in [0.05, 0.1) is 30.3 Å². The summed E-state index contributed by atoms with van der Waals surface area (Å²) in [7, 11) is 3.45. The van der Waals surface area contributed by atoms with Crippen LogP contribution in [0.4, 0.5) is 5.82 Å². The van der Waals surface area contributed by atoms with E-state index in [0.29, 0.717) is 34.7 Å². The van der Waals surface area contributed by atoms with Crippen LogP contribution < -0.4 is 14.8 Å². The Bertz CT molecular complexity index is 771. The van der Waals surface area contributed by atoms with Gasteiger partial charge in [0.2, 0.25) is 5.91 Å². The molecule has 0 fully saturated rings. The van der Waals surface area contributed by atoms with Crippen molar-refractivity contribution in [3.8, 4) is 11.5 Å². The highest BCUT2D eigenvalue weighted by atomic mass is 35.5. The summed E-state index contributed by atoms with van der Waals surface area (Å²) < 4.78 is 10.9. The molecule has 0 bridgehead atoms. The maximum absolute atomic E-state index is 12.2. The van der Waals surface area contributed by atoms with Crippen LogP contribution in [-0.2, 0) is 11.3 Å². The van der Waals surface area contributed by atoms with Crippen LogP contribution in [0.1, 0.15) is 12.5 Å². The van der Waals surface area contributed by atoms with Crippen LogP contribution >= 0.6 is 23.2 Å². The molecule has 1 aromatic heterocycles. The van der Waals surface area contributed by atoms with Gasteiger partial charge in [0.1, 0.15) is 0 Å². The van der Waals surface area contributed by atoms with Crippen molar-refractivity contribution in [2.24, 2.45) is 0 Å². The summed E-state index contributed by atoms with van der Waals surface area (Å²) in [6.07, 6.45) is 1.43. The van der Waals surface area contributed by atoms with Crippen molar-refractivity contribution in [1.82, 2.24) is 9.88 Å². The first-order chi connectivity index (χ1) is 12.4. The molecule has 2 aromatic rings. The zero-order valence-electron chi connectivity index (χ0n) is 14.9. The average molecular weight is 398 g/mol. The number of halogens is 2. The molecule has 8 heteroatoms. The summed E-state index contributed by atoms with van der Waals surface area (Å²) in [6, 6.07) is 7.24. The number of hydrogen-bond acceptors (Lipinski definition) is 5. The largest absolute Gasteiger partial charge is 0.493 e. The monoisotopic (exact) mass is 397 g/mol. The molecule has 1 aromatic carbocycles. The second kappa shape index (κ2) is 9.62. The van der Waals surface area contributed by atoms with Crippen molar-refractivity contribution < 1.29 is 14.3 Å². The number of rotatable bonds is 8. The normalized spacial score (nSPS) is 10.7. The highest BCUT2D eigenvalue weighted by molar-refractivity contribution is 6.36. The molecule has 0 saturated carbocycles. The van der Waals surface area contributed by atoms with Gasteiger partial charge >= 0.3 is 0 Å². The van der Waals surface area contributed by atoms with Gasteiger partial charge in [-0.05, 0) is 37.7 Å². The second-order valence-corrected chi connectivity index (χ2v) is 6.47. The van der Waals surface area contributed by atoms with Crippen LogP contribution in [0.25, 0.3) is 0 Å². The van der Waals surface area contributed by atoms with Gasteiger partial charge in [0.15, 0.2) is 17.3 Å². The van der Waals surface area contributed by atoms with Crippen molar-refractivity contribution >= 4 is 34.9 Å². The minimum Gasteiger partial charge on any atom is -0.493 e. The Labute approximate surface area is 163 Å². The number of amides is 1. The Morgan fingerprint density at radius 1 is 1.27 bits per heavy atom. The van der Waals surface area contributed by atoms with Gasteiger partial charge in [-0.1, -0.05) is 29.3 Å². The van der Waals surface area contributed by atoms with Crippen LogP contribution in [0, 0.1) is 0 Å². The van der Waals surface area contributed by atoms with E-state index >= 15 is 0 Å².